The van der Waals surface area contributed by atoms with Crippen LogP contribution >= 0.6 is 23.1 Å². The van der Waals surface area contributed by atoms with E-state index < -0.39 is 11.6 Å². The van der Waals surface area contributed by atoms with Crippen LogP contribution in [0.2, 0.25) is 0 Å². The second kappa shape index (κ2) is 7.29. The number of H-pyrrole nitrogens is 1. The molecule has 3 heterocycles. The minimum atomic E-state index is -0.877. The minimum absolute atomic E-state index is 0.188. The Kier molecular flexibility index (Phi) is 4.88. The predicted molar refractivity (Wildman–Crippen MR) is 98.9 cm³/mol. The number of fused-ring (bicyclic) bond motifs is 1. The van der Waals surface area contributed by atoms with Crippen molar-refractivity contribution in [3.8, 4) is 0 Å². The number of hydrogen-bond acceptors (Lipinski definition) is 7. The Hall–Kier alpha value is -2.04. The van der Waals surface area contributed by atoms with Crippen LogP contribution in [0.4, 0.5) is 14.6 Å². The van der Waals surface area contributed by atoms with Crippen molar-refractivity contribution in [1.82, 2.24) is 20.3 Å². The molecule has 1 fully saturated rings. The normalized spacial score (nSPS) is 17.1. The average Bonchev–Trinajstić information content (AvgIpc) is 3.25. The van der Waals surface area contributed by atoms with Crippen molar-refractivity contribution in [2.45, 2.75) is 23.4 Å². The van der Waals surface area contributed by atoms with Crippen LogP contribution in [0.3, 0.4) is 0 Å². The number of thiazole rings is 1. The Morgan fingerprint density at radius 2 is 2.23 bits per heavy atom. The molecule has 4 rings (SSSR count). The van der Waals surface area contributed by atoms with Gasteiger partial charge in [-0.1, -0.05) is 35.2 Å². The second-order valence-corrected chi connectivity index (χ2v) is 7.81. The molecule has 0 radical (unpaired) electrons. The van der Waals surface area contributed by atoms with E-state index in [1.807, 2.05) is 0 Å². The molecule has 10 heteroatoms. The molecule has 6 nitrogen and oxygen atoms in total. The molecule has 26 heavy (non-hydrogen) atoms. The second-order valence-electron chi connectivity index (χ2n) is 5.88. The average molecular weight is 395 g/mol. The van der Waals surface area contributed by atoms with Gasteiger partial charge in [-0.15, -0.1) is 0 Å². The Bertz CT molecular complexity index is 1000. The summed E-state index contributed by atoms with van der Waals surface area (Å²) in [6.45, 7) is 1.75. The van der Waals surface area contributed by atoms with Gasteiger partial charge in [0.1, 0.15) is 4.70 Å². The lowest BCUT2D eigenvalue weighted by Crippen LogP contribution is -2.22. The third-order valence-corrected chi connectivity index (χ3v) is 5.82. The molecule has 0 spiro atoms. The van der Waals surface area contributed by atoms with E-state index in [2.05, 4.69) is 25.6 Å². The summed E-state index contributed by atoms with van der Waals surface area (Å²) in [6, 6.07) is 4.30. The van der Waals surface area contributed by atoms with Crippen molar-refractivity contribution < 1.29 is 8.78 Å². The molecule has 136 valence electrons. The van der Waals surface area contributed by atoms with E-state index in [0.717, 1.165) is 36.9 Å². The Labute approximate surface area is 155 Å². The topological polar surface area (TPSA) is 82.7 Å². The highest BCUT2D eigenvalue weighted by Crippen LogP contribution is 2.28. The van der Waals surface area contributed by atoms with Gasteiger partial charge in [0.2, 0.25) is 0 Å². The Morgan fingerprint density at radius 1 is 1.35 bits per heavy atom. The van der Waals surface area contributed by atoms with Gasteiger partial charge in [0, 0.05) is 23.9 Å². The first-order valence-corrected chi connectivity index (χ1v) is 9.84. The molecular weight excluding hydrogens is 380 g/mol. The monoisotopic (exact) mass is 395 g/mol. The van der Waals surface area contributed by atoms with Gasteiger partial charge in [0.15, 0.2) is 28.3 Å². The number of benzene rings is 1. The maximum absolute atomic E-state index is 13.8. The fourth-order valence-electron chi connectivity index (χ4n) is 2.76. The van der Waals surface area contributed by atoms with E-state index in [1.165, 1.54) is 23.9 Å². The first-order valence-electron chi connectivity index (χ1n) is 8.04. The van der Waals surface area contributed by atoms with Crippen molar-refractivity contribution >= 4 is 39.3 Å². The summed E-state index contributed by atoms with van der Waals surface area (Å²) in [5.74, 6) is -0.958. The van der Waals surface area contributed by atoms with Crippen LogP contribution in [0.15, 0.2) is 28.2 Å². The van der Waals surface area contributed by atoms with E-state index >= 15 is 0 Å². The first-order chi connectivity index (χ1) is 12.6. The lowest BCUT2D eigenvalue weighted by atomic mass is 10.2. The number of nitrogens with zero attached hydrogens (tertiary/aromatic N) is 2. The third-order valence-electron chi connectivity index (χ3n) is 4.05. The number of halogens is 2. The fraction of sp³-hybridized carbons (Fsp3) is 0.312. The summed E-state index contributed by atoms with van der Waals surface area (Å²) < 4.78 is 27.8. The summed E-state index contributed by atoms with van der Waals surface area (Å²) in [6.07, 6.45) is 0.960. The lowest BCUT2D eigenvalue weighted by Gasteiger charge is -2.13. The van der Waals surface area contributed by atoms with Gasteiger partial charge in [0.05, 0.1) is 0 Å². The highest BCUT2D eigenvalue weighted by molar-refractivity contribution is 7.98. The molecule has 1 saturated heterocycles. The molecule has 2 aromatic heterocycles. The van der Waals surface area contributed by atoms with Crippen LogP contribution < -0.4 is 15.5 Å². The third kappa shape index (κ3) is 3.57. The SMILES string of the molecule is O=c1[nH]c2nc(SCc3cccc(F)c3F)nc(N[C@@H]3CCNC3)c2s1. The smallest absolute Gasteiger partial charge is 0.306 e. The van der Waals surface area contributed by atoms with Crippen molar-refractivity contribution in [2.24, 2.45) is 0 Å². The fourth-order valence-corrected chi connectivity index (χ4v) is 4.31. The Balaban J connectivity index is 1.62. The number of hydrogen-bond donors (Lipinski definition) is 3. The van der Waals surface area contributed by atoms with Gasteiger partial charge >= 0.3 is 4.87 Å². The van der Waals surface area contributed by atoms with Crippen molar-refractivity contribution in [1.29, 1.82) is 0 Å². The van der Waals surface area contributed by atoms with Crippen LogP contribution in [0.1, 0.15) is 12.0 Å². The molecular formula is C16H15F2N5OS2. The highest BCUT2D eigenvalue weighted by Gasteiger charge is 2.19. The molecule has 1 aliphatic heterocycles. The number of anilines is 1. The molecule has 3 aromatic rings. The lowest BCUT2D eigenvalue weighted by molar-refractivity contribution is 0.502. The molecule has 1 aliphatic rings. The number of nitrogens with one attached hydrogen (secondary N) is 3. The van der Waals surface area contributed by atoms with E-state index in [-0.39, 0.29) is 22.2 Å². The maximum Gasteiger partial charge on any atom is 0.306 e. The zero-order valence-electron chi connectivity index (χ0n) is 13.5. The molecule has 3 N–H and O–H groups in total. The van der Waals surface area contributed by atoms with Crippen molar-refractivity contribution in [3.05, 3.63) is 45.1 Å². The zero-order valence-corrected chi connectivity index (χ0v) is 15.1. The van der Waals surface area contributed by atoms with Gasteiger partial charge < -0.3 is 10.6 Å². The van der Waals surface area contributed by atoms with Crippen LogP contribution in [-0.4, -0.2) is 34.1 Å². The number of rotatable bonds is 5. The summed E-state index contributed by atoms with van der Waals surface area (Å²) in [5, 5.41) is 7.00. The van der Waals surface area contributed by atoms with E-state index in [9.17, 15) is 13.6 Å². The summed E-state index contributed by atoms with van der Waals surface area (Å²) in [7, 11) is 0. The van der Waals surface area contributed by atoms with Crippen LogP contribution in [0.25, 0.3) is 10.3 Å². The quantitative estimate of drug-likeness (QED) is 0.455. The molecule has 0 unspecified atom stereocenters. The Morgan fingerprint density at radius 3 is 3.04 bits per heavy atom. The van der Waals surface area contributed by atoms with Gasteiger partial charge in [0.25, 0.3) is 0 Å². The van der Waals surface area contributed by atoms with E-state index in [0.29, 0.717) is 21.3 Å². The van der Waals surface area contributed by atoms with Crippen molar-refractivity contribution in [3.63, 3.8) is 0 Å². The van der Waals surface area contributed by atoms with Crippen LogP contribution in [0, 0.1) is 11.6 Å². The predicted octanol–water partition coefficient (Wildman–Crippen LogP) is 2.72. The number of aromatic nitrogens is 3. The number of aromatic amines is 1. The highest BCUT2D eigenvalue weighted by atomic mass is 32.2. The van der Waals surface area contributed by atoms with Gasteiger partial charge in [-0.2, -0.15) is 0 Å². The minimum Gasteiger partial charge on any atom is -0.365 e. The van der Waals surface area contributed by atoms with Crippen molar-refractivity contribution in [2.75, 3.05) is 18.4 Å². The number of thioether (sulfide) groups is 1. The summed E-state index contributed by atoms with van der Waals surface area (Å²) >= 11 is 2.24. The van der Waals surface area contributed by atoms with Gasteiger partial charge in [-0.05, 0) is 19.0 Å². The summed E-state index contributed by atoms with van der Waals surface area (Å²) in [4.78, 5) is 23.0. The standard InChI is InChI=1S/C16H15F2N5OS2/c17-10-3-1-2-8(11(10)18)7-25-15-21-13(20-9-4-5-19-6-9)12-14(22-15)23-16(24)26-12/h1-3,9,19H,4-7H2,(H2,20,21,22,23,24)/t9-/m1/s1. The summed E-state index contributed by atoms with van der Waals surface area (Å²) in [5.41, 5.74) is 0.692. The van der Waals surface area contributed by atoms with Gasteiger partial charge in [-0.25, -0.2) is 18.7 Å². The van der Waals surface area contributed by atoms with Crippen LogP contribution in [0.5, 0.6) is 0 Å². The first kappa shape index (κ1) is 17.4. The van der Waals surface area contributed by atoms with E-state index in [1.54, 1.807) is 0 Å². The molecule has 1 aromatic carbocycles. The zero-order chi connectivity index (χ0) is 18.1. The molecule has 0 bridgehead atoms. The molecule has 0 amide bonds. The largest absolute Gasteiger partial charge is 0.365 e. The molecule has 0 saturated carbocycles. The van der Waals surface area contributed by atoms with E-state index in [4.69, 9.17) is 0 Å². The molecule has 0 aliphatic carbocycles. The molecule has 1 atom stereocenters. The van der Waals surface area contributed by atoms with Gasteiger partial charge in [-0.3, -0.25) is 9.78 Å². The van der Waals surface area contributed by atoms with Crippen LogP contribution in [-0.2, 0) is 5.75 Å². The maximum atomic E-state index is 13.8.